The monoisotopic (exact) mass is 361 g/mol. The Bertz CT molecular complexity index is 649. The number of anilines is 1. The Hall–Kier alpha value is -1.53. The molecule has 1 fully saturated rings. The van der Waals surface area contributed by atoms with Crippen molar-refractivity contribution in [3.8, 4) is 0 Å². The third-order valence-corrected chi connectivity index (χ3v) is 4.39. The number of hydrogen-bond donors (Lipinski definition) is 0. The molecule has 0 saturated carbocycles. The molecule has 0 spiro atoms. The standard InChI is InChI=1S/C16H20BrN5/c1-11-4-16(20-12(2)19-11)22-9-15(10-22)21(3)8-13-5-14(17)7-18-6-13/h4-7,15H,8-10H2,1-3H3. The maximum Gasteiger partial charge on any atom is 0.132 e. The van der Waals surface area contributed by atoms with Gasteiger partial charge in [0.1, 0.15) is 11.6 Å². The largest absolute Gasteiger partial charge is 0.353 e. The molecule has 3 rings (SSSR count). The Morgan fingerprint density at radius 2 is 2.00 bits per heavy atom. The van der Waals surface area contributed by atoms with Gasteiger partial charge in [-0.2, -0.15) is 0 Å². The van der Waals surface area contributed by atoms with Crippen LogP contribution in [0.4, 0.5) is 5.82 Å². The van der Waals surface area contributed by atoms with E-state index in [2.05, 4.69) is 59.9 Å². The van der Waals surface area contributed by atoms with Crippen molar-refractivity contribution in [1.29, 1.82) is 0 Å². The van der Waals surface area contributed by atoms with Crippen molar-refractivity contribution >= 4 is 21.7 Å². The Labute approximate surface area is 139 Å². The van der Waals surface area contributed by atoms with Crippen LogP contribution in [-0.4, -0.2) is 46.0 Å². The lowest BCUT2D eigenvalue weighted by Gasteiger charge is -2.44. The molecule has 0 unspecified atom stereocenters. The second kappa shape index (κ2) is 6.30. The fourth-order valence-electron chi connectivity index (χ4n) is 2.74. The molecular formula is C16H20BrN5. The van der Waals surface area contributed by atoms with Gasteiger partial charge in [-0.05, 0) is 48.5 Å². The normalized spacial score (nSPS) is 15.2. The Kier molecular flexibility index (Phi) is 4.40. The lowest BCUT2D eigenvalue weighted by Crippen LogP contribution is -2.58. The van der Waals surface area contributed by atoms with Gasteiger partial charge in [-0.3, -0.25) is 9.88 Å². The average molecular weight is 362 g/mol. The SMILES string of the molecule is Cc1cc(N2CC(N(C)Cc3cncc(Br)c3)C2)nc(C)n1. The zero-order chi connectivity index (χ0) is 15.7. The number of pyridine rings is 1. The molecule has 0 atom stereocenters. The molecule has 0 amide bonds. The summed E-state index contributed by atoms with van der Waals surface area (Å²) in [5.74, 6) is 1.88. The van der Waals surface area contributed by atoms with Crippen LogP contribution in [0.2, 0.25) is 0 Å². The van der Waals surface area contributed by atoms with Gasteiger partial charge in [0, 0.05) is 54.3 Å². The zero-order valence-corrected chi connectivity index (χ0v) is 14.7. The maximum atomic E-state index is 4.53. The summed E-state index contributed by atoms with van der Waals surface area (Å²) >= 11 is 3.47. The molecule has 3 heterocycles. The smallest absolute Gasteiger partial charge is 0.132 e. The Balaban J connectivity index is 1.58. The molecule has 0 aliphatic carbocycles. The van der Waals surface area contributed by atoms with Gasteiger partial charge in [-0.15, -0.1) is 0 Å². The third-order valence-electron chi connectivity index (χ3n) is 3.96. The predicted molar refractivity (Wildman–Crippen MR) is 90.9 cm³/mol. The average Bonchev–Trinajstić information content (AvgIpc) is 2.35. The van der Waals surface area contributed by atoms with Crippen molar-refractivity contribution in [2.24, 2.45) is 0 Å². The van der Waals surface area contributed by atoms with Gasteiger partial charge in [0.2, 0.25) is 0 Å². The second-order valence-corrected chi connectivity index (χ2v) is 6.82. The zero-order valence-electron chi connectivity index (χ0n) is 13.1. The minimum atomic E-state index is 0.551. The lowest BCUT2D eigenvalue weighted by molar-refractivity contribution is 0.196. The molecule has 2 aromatic heterocycles. The number of likely N-dealkylation sites (N-methyl/N-ethyl adjacent to an activating group) is 1. The molecule has 1 aliphatic heterocycles. The van der Waals surface area contributed by atoms with Crippen LogP contribution < -0.4 is 4.90 Å². The van der Waals surface area contributed by atoms with E-state index in [0.29, 0.717) is 6.04 Å². The van der Waals surface area contributed by atoms with Crippen LogP contribution in [0.5, 0.6) is 0 Å². The van der Waals surface area contributed by atoms with E-state index >= 15 is 0 Å². The van der Waals surface area contributed by atoms with Gasteiger partial charge in [0.25, 0.3) is 0 Å². The van der Waals surface area contributed by atoms with Gasteiger partial charge in [-0.1, -0.05) is 0 Å². The summed E-state index contributed by atoms with van der Waals surface area (Å²) in [4.78, 5) is 17.8. The molecule has 0 radical (unpaired) electrons. The molecule has 6 heteroatoms. The topological polar surface area (TPSA) is 45.2 Å². The van der Waals surface area contributed by atoms with Crippen molar-refractivity contribution in [3.63, 3.8) is 0 Å². The minimum Gasteiger partial charge on any atom is -0.353 e. The van der Waals surface area contributed by atoms with Gasteiger partial charge in [-0.25, -0.2) is 9.97 Å². The summed E-state index contributed by atoms with van der Waals surface area (Å²) in [6, 6.07) is 4.73. The first-order chi connectivity index (χ1) is 10.5. The van der Waals surface area contributed by atoms with Crippen molar-refractivity contribution in [2.45, 2.75) is 26.4 Å². The number of rotatable bonds is 4. The first-order valence-electron chi connectivity index (χ1n) is 7.38. The summed E-state index contributed by atoms with van der Waals surface area (Å²) in [6.45, 7) is 6.89. The van der Waals surface area contributed by atoms with Crippen LogP contribution in [0, 0.1) is 13.8 Å². The molecule has 0 bridgehead atoms. The number of aryl methyl sites for hydroxylation is 2. The van der Waals surface area contributed by atoms with Crippen LogP contribution in [0.15, 0.2) is 29.0 Å². The highest BCUT2D eigenvalue weighted by atomic mass is 79.9. The van der Waals surface area contributed by atoms with E-state index in [1.165, 1.54) is 5.56 Å². The van der Waals surface area contributed by atoms with E-state index in [-0.39, 0.29) is 0 Å². The number of aromatic nitrogens is 3. The summed E-state index contributed by atoms with van der Waals surface area (Å²) in [5.41, 5.74) is 2.25. The fraction of sp³-hybridized carbons (Fsp3) is 0.438. The minimum absolute atomic E-state index is 0.551. The van der Waals surface area contributed by atoms with E-state index in [9.17, 15) is 0 Å². The van der Waals surface area contributed by atoms with Crippen molar-refractivity contribution < 1.29 is 0 Å². The molecular weight excluding hydrogens is 342 g/mol. The van der Waals surface area contributed by atoms with Crippen LogP contribution in [-0.2, 0) is 6.54 Å². The highest BCUT2D eigenvalue weighted by Crippen LogP contribution is 2.23. The van der Waals surface area contributed by atoms with Gasteiger partial charge < -0.3 is 4.90 Å². The van der Waals surface area contributed by atoms with E-state index in [1.54, 1.807) is 0 Å². The van der Waals surface area contributed by atoms with Crippen molar-refractivity contribution in [3.05, 3.63) is 46.1 Å². The molecule has 22 heavy (non-hydrogen) atoms. The van der Waals surface area contributed by atoms with Crippen molar-refractivity contribution in [1.82, 2.24) is 19.9 Å². The van der Waals surface area contributed by atoms with Crippen LogP contribution in [0.3, 0.4) is 0 Å². The first kappa shape index (κ1) is 15.4. The summed E-state index contributed by atoms with van der Waals surface area (Å²) in [6.07, 6.45) is 3.74. The second-order valence-electron chi connectivity index (χ2n) is 5.90. The highest BCUT2D eigenvalue weighted by Gasteiger charge is 2.31. The predicted octanol–water partition coefficient (Wildman–Crippen LogP) is 2.57. The number of halogens is 1. The molecule has 1 aliphatic rings. The summed E-state index contributed by atoms with van der Waals surface area (Å²) in [7, 11) is 2.17. The van der Waals surface area contributed by atoms with Gasteiger partial charge >= 0.3 is 0 Å². The molecule has 2 aromatic rings. The van der Waals surface area contributed by atoms with E-state index in [1.807, 2.05) is 26.2 Å². The quantitative estimate of drug-likeness (QED) is 0.837. The Morgan fingerprint density at radius 3 is 2.68 bits per heavy atom. The summed E-state index contributed by atoms with van der Waals surface area (Å²) in [5, 5.41) is 0. The van der Waals surface area contributed by atoms with Gasteiger partial charge in [0.15, 0.2) is 0 Å². The third kappa shape index (κ3) is 3.44. The molecule has 0 aromatic carbocycles. The molecule has 0 N–H and O–H groups in total. The van der Waals surface area contributed by atoms with E-state index in [4.69, 9.17) is 0 Å². The lowest BCUT2D eigenvalue weighted by atomic mass is 10.1. The molecule has 1 saturated heterocycles. The van der Waals surface area contributed by atoms with E-state index < -0.39 is 0 Å². The summed E-state index contributed by atoms with van der Waals surface area (Å²) < 4.78 is 1.03. The fourth-order valence-corrected chi connectivity index (χ4v) is 3.15. The Morgan fingerprint density at radius 1 is 1.23 bits per heavy atom. The first-order valence-corrected chi connectivity index (χ1v) is 8.17. The van der Waals surface area contributed by atoms with Crippen LogP contribution in [0.1, 0.15) is 17.1 Å². The maximum absolute atomic E-state index is 4.53. The molecule has 116 valence electrons. The number of nitrogens with zero attached hydrogens (tertiary/aromatic N) is 5. The van der Waals surface area contributed by atoms with Crippen LogP contribution >= 0.6 is 15.9 Å². The highest BCUT2D eigenvalue weighted by molar-refractivity contribution is 9.10. The number of hydrogen-bond acceptors (Lipinski definition) is 5. The molecule has 5 nitrogen and oxygen atoms in total. The van der Waals surface area contributed by atoms with E-state index in [0.717, 1.165) is 41.4 Å². The van der Waals surface area contributed by atoms with Crippen molar-refractivity contribution in [2.75, 3.05) is 25.0 Å². The van der Waals surface area contributed by atoms with Gasteiger partial charge in [0.05, 0.1) is 0 Å². The van der Waals surface area contributed by atoms with Crippen LogP contribution in [0.25, 0.3) is 0 Å².